The van der Waals surface area contributed by atoms with E-state index in [1.165, 1.54) is 17.2 Å². The lowest BCUT2D eigenvalue weighted by molar-refractivity contribution is -0.0972. The van der Waals surface area contributed by atoms with Crippen molar-refractivity contribution in [1.29, 1.82) is 0 Å². The summed E-state index contributed by atoms with van der Waals surface area (Å²) < 4.78 is 18.6. The number of nitrogens with zero attached hydrogens (tertiary/aromatic N) is 4. The van der Waals surface area contributed by atoms with Gasteiger partial charge in [0, 0.05) is 0 Å². The zero-order chi connectivity index (χ0) is 29.4. The highest BCUT2D eigenvalue weighted by atomic mass is 16.6. The summed E-state index contributed by atoms with van der Waals surface area (Å²) in [7, 11) is 3.17. The minimum Gasteiger partial charge on any atom is -0.497 e. The molecule has 5 aromatic rings. The van der Waals surface area contributed by atoms with Crippen molar-refractivity contribution in [3.63, 3.8) is 0 Å². The van der Waals surface area contributed by atoms with E-state index in [9.17, 15) is 15.3 Å². The summed E-state index contributed by atoms with van der Waals surface area (Å²) in [6, 6.07) is 24.2. The Morgan fingerprint density at radius 3 is 1.95 bits per heavy atom. The predicted octanol–water partition coefficient (Wildman–Crippen LogP) is 2.44. The Kier molecular flexibility index (Phi) is 7.25. The molecule has 11 nitrogen and oxygen atoms in total. The average molecular weight is 570 g/mol. The molecule has 0 bridgehead atoms. The molecule has 216 valence electrons. The van der Waals surface area contributed by atoms with Crippen molar-refractivity contribution in [2.24, 2.45) is 0 Å². The van der Waals surface area contributed by atoms with Gasteiger partial charge in [-0.15, -0.1) is 0 Å². The molecule has 1 saturated heterocycles. The number of aromatic nitrogens is 4. The number of methoxy groups -OCH3 is 2. The number of hydrogen-bond acceptors (Lipinski definition) is 10. The van der Waals surface area contributed by atoms with E-state index in [-0.39, 0.29) is 5.82 Å². The number of hydrogen-bond donors (Lipinski definition) is 4. The monoisotopic (exact) mass is 569 g/mol. The van der Waals surface area contributed by atoms with Gasteiger partial charge < -0.3 is 35.3 Å². The summed E-state index contributed by atoms with van der Waals surface area (Å²) in [6.07, 6.45) is -3.94. The zero-order valence-corrected chi connectivity index (χ0v) is 23.0. The van der Waals surface area contributed by atoms with Gasteiger partial charge in [-0.1, -0.05) is 54.6 Å². The first-order valence-electron chi connectivity index (χ1n) is 13.4. The Bertz CT molecular complexity index is 1610. The quantitative estimate of drug-likeness (QED) is 0.205. The van der Waals surface area contributed by atoms with E-state index in [4.69, 9.17) is 19.9 Å². The molecule has 0 aliphatic carbocycles. The summed E-state index contributed by atoms with van der Waals surface area (Å²) in [4.78, 5) is 12.5. The first kappa shape index (κ1) is 27.6. The summed E-state index contributed by atoms with van der Waals surface area (Å²) in [5.41, 5.74) is 7.54. The van der Waals surface area contributed by atoms with E-state index in [2.05, 4.69) is 15.0 Å². The van der Waals surface area contributed by atoms with Crippen LogP contribution in [0.5, 0.6) is 11.5 Å². The molecule has 42 heavy (non-hydrogen) atoms. The number of aliphatic hydroxyl groups excluding tert-OH is 3. The Balaban J connectivity index is 1.52. The van der Waals surface area contributed by atoms with Gasteiger partial charge in [-0.3, -0.25) is 4.57 Å². The van der Waals surface area contributed by atoms with Crippen LogP contribution < -0.4 is 15.2 Å². The summed E-state index contributed by atoms with van der Waals surface area (Å²) in [5, 5.41) is 35.2. The molecular formula is C31H31N5O6. The van der Waals surface area contributed by atoms with Gasteiger partial charge in [0.25, 0.3) is 0 Å². The normalized spacial score (nSPS) is 21.4. The average Bonchev–Trinajstić information content (AvgIpc) is 3.59. The van der Waals surface area contributed by atoms with Crippen LogP contribution in [0.4, 0.5) is 5.82 Å². The first-order chi connectivity index (χ1) is 20.4. The number of imidazole rings is 1. The van der Waals surface area contributed by atoms with E-state index < -0.39 is 36.1 Å². The van der Waals surface area contributed by atoms with Crippen LogP contribution in [-0.4, -0.2) is 73.5 Å². The number of fused-ring (bicyclic) bond motifs is 1. The van der Waals surface area contributed by atoms with Gasteiger partial charge >= 0.3 is 0 Å². The molecule has 3 heterocycles. The third-order valence-electron chi connectivity index (χ3n) is 8.01. The Labute approximate surface area is 241 Å². The lowest BCUT2D eigenvalue weighted by atomic mass is 9.64. The van der Waals surface area contributed by atoms with Gasteiger partial charge in [-0.05, 0) is 41.0 Å². The SMILES string of the molecule is COc1ccc(C(c2ccccc2)(c2ccc(OC)cc2)C(O)[C@H]2O[C@@H](n3cnc4c(N)ncnc43)[C@H](O)[C@@H]2O)cc1. The lowest BCUT2D eigenvalue weighted by Gasteiger charge is -2.42. The number of anilines is 1. The van der Waals surface area contributed by atoms with Crippen molar-refractivity contribution in [1.82, 2.24) is 19.5 Å². The predicted molar refractivity (Wildman–Crippen MR) is 154 cm³/mol. The number of aliphatic hydroxyl groups is 3. The lowest BCUT2D eigenvalue weighted by Crippen LogP contribution is -2.52. The molecule has 5 N–H and O–H groups in total. The molecule has 6 rings (SSSR count). The second kappa shape index (κ2) is 11.0. The minimum atomic E-state index is -1.47. The van der Waals surface area contributed by atoms with E-state index in [0.717, 1.165) is 16.7 Å². The molecule has 0 saturated carbocycles. The first-order valence-corrected chi connectivity index (χ1v) is 13.4. The highest BCUT2D eigenvalue weighted by Gasteiger charge is 2.55. The molecule has 3 aromatic carbocycles. The fourth-order valence-corrected chi connectivity index (χ4v) is 5.90. The van der Waals surface area contributed by atoms with Crippen LogP contribution in [-0.2, 0) is 10.2 Å². The molecule has 0 amide bonds. The van der Waals surface area contributed by atoms with Crippen LogP contribution in [0.1, 0.15) is 22.9 Å². The molecule has 1 aliphatic heterocycles. The molecule has 11 heteroatoms. The smallest absolute Gasteiger partial charge is 0.167 e. The maximum Gasteiger partial charge on any atom is 0.167 e. The molecule has 2 aromatic heterocycles. The number of benzene rings is 3. The summed E-state index contributed by atoms with van der Waals surface area (Å²) >= 11 is 0. The van der Waals surface area contributed by atoms with Crippen LogP contribution in [0.3, 0.4) is 0 Å². The topological polar surface area (TPSA) is 158 Å². The van der Waals surface area contributed by atoms with Crippen LogP contribution in [0.25, 0.3) is 11.2 Å². The maximum atomic E-state index is 12.5. The number of ether oxygens (including phenoxy) is 3. The van der Waals surface area contributed by atoms with Crippen LogP contribution in [0, 0.1) is 0 Å². The van der Waals surface area contributed by atoms with Crippen LogP contribution in [0.15, 0.2) is 91.5 Å². The largest absolute Gasteiger partial charge is 0.497 e. The fourth-order valence-electron chi connectivity index (χ4n) is 5.90. The van der Waals surface area contributed by atoms with Crippen LogP contribution in [0.2, 0.25) is 0 Å². The van der Waals surface area contributed by atoms with Gasteiger partial charge in [0.05, 0.1) is 26.0 Å². The standard InChI is InChI=1S/C31H31N5O6/c1-40-21-12-8-19(9-13-21)31(18-6-4-3-5-7-18,20-10-14-22(41-2)15-11-20)27(39)26-24(37)25(38)30(42-26)36-17-35-23-28(32)33-16-34-29(23)36/h3-17,24-27,30,37-39H,1-2H3,(H2,32,33,34)/t24-,25+,26-,27?,30+/m0/s1. The molecule has 5 atom stereocenters. The van der Waals surface area contributed by atoms with Crippen molar-refractivity contribution >= 4 is 17.0 Å². The number of nitrogen functional groups attached to an aromatic ring is 1. The van der Waals surface area contributed by atoms with Crippen LogP contribution >= 0.6 is 0 Å². The van der Waals surface area contributed by atoms with E-state index in [1.54, 1.807) is 14.2 Å². The number of nitrogens with two attached hydrogens (primary N) is 1. The van der Waals surface area contributed by atoms with Crippen molar-refractivity contribution < 1.29 is 29.5 Å². The number of rotatable bonds is 8. The highest BCUT2D eigenvalue weighted by molar-refractivity contribution is 5.81. The summed E-state index contributed by atoms with van der Waals surface area (Å²) in [5.74, 6) is 1.46. The van der Waals surface area contributed by atoms with Gasteiger partial charge in [0.15, 0.2) is 17.7 Å². The Hall–Kier alpha value is -4.55. The van der Waals surface area contributed by atoms with Gasteiger partial charge in [-0.2, -0.15) is 0 Å². The minimum absolute atomic E-state index is 0.172. The summed E-state index contributed by atoms with van der Waals surface area (Å²) in [6.45, 7) is 0. The van der Waals surface area contributed by atoms with E-state index in [0.29, 0.717) is 22.7 Å². The maximum absolute atomic E-state index is 12.5. The van der Waals surface area contributed by atoms with E-state index in [1.807, 2.05) is 78.9 Å². The molecular weight excluding hydrogens is 538 g/mol. The van der Waals surface area contributed by atoms with Gasteiger partial charge in [0.1, 0.15) is 47.8 Å². The Morgan fingerprint density at radius 1 is 0.810 bits per heavy atom. The third-order valence-corrected chi connectivity index (χ3v) is 8.01. The van der Waals surface area contributed by atoms with Crippen molar-refractivity contribution in [2.45, 2.75) is 36.1 Å². The highest BCUT2D eigenvalue weighted by Crippen LogP contribution is 2.47. The molecule has 1 fully saturated rings. The fraction of sp³-hybridized carbons (Fsp3) is 0.258. The molecule has 1 unspecified atom stereocenters. The Morgan fingerprint density at radius 2 is 1.38 bits per heavy atom. The van der Waals surface area contributed by atoms with Gasteiger partial charge in [-0.25, -0.2) is 15.0 Å². The third kappa shape index (κ3) is 4.34. The molecule has 0 spiro atoms. The molecule has 1 aliphatic rings. The van der Waals surface area contributed by atoms with E-state index >= 15 is 0 Å². The second-order valence-electron chi connectivity index (χ2n) is 10.1. The van der Waals surface area contributed by atoms with Crippen molar-refractivity contribution in [3.8, 4) is 11.5 Å². The zero-order valence-electron chi connectivity index (χ0n) is 23.0. The van der Waals surface area contributed by atoms with Crippen molar-refractivity contribution in [2.75, 3.05) is 20.0 Å². The second-order valence-corrected chi connectivity index (χ2v) is 10.1. The van der Waals surface area contributed by atoms with Gasteiger partial charge in [0.2, 0.25) is 0 Å². The molecule has 0 radical (unpaired) electrons. The van der Waals surface area contributed by atoms with Crippen molar-refractivity contribution in [3.05, 3.63) is 108 Å².